The molecule has 0 saturated heterocycles. The summed E-state index contributed by atoms with van der Waals surface area (Å²) in [6.07, 6.45) is 1.23. The molecule has 0 bridgehead atoms. The Bertz CT molecular complexity index is 897. The average molecular weight is 551 g/mol. The molecule has 0 aliphatic heterocycles. The van der Waals surface area contributed by atoms with E-state index in [4.69, 9.17) is 0 Å². The molecule has 1 aromatic carbocycles. The number of thiophene rings is 1. The van der Waals surface area contributed by atoms with Crippen molar-refractivity contribution in [2.24, 2.45) is 4.99 Å². The van der Waals surface area contributed by atoms with Gasteiger partial charge in [-0.15, -0.1) is 35.3 Å². The second-order valence-electron chi connectivity index (χ2n) is 6.94. The van der Waals surface area contributed by atoms with E-state index in [1.807, 2.05) is 26.0 Å². The Balaban J connectivity index is 0.00000420. The number of aryl methyl sites for hydroxylation is 1. The smallest absolute Gasteiger partial charge is 0.191 e. The van der Waals surface area contributed by atoms with E-state index >= 15 is 0 Å². The molecule has 0 spiro atoms. The van der Waals surface area contributed by atoms with Crippen LogP contribution in [0, 0.1) is 6.92 Å². The van der Waals surface area contributed by atoms with E-state index in [0.29, 0.717) is 11.4 Å². The molecule has 162 valence electrons. The Morgan fingerprint density at radius 1 is 1.24 bits per heavy atom. The van der Waals surface area contributed by atoms with E-state index < -0.39 is 9.84 Å². The standard InChI is InChI=1S/C20H30N4O2S2.HI/c1-6-21-20(23-14-17(24(3)4)18-8-7-11-27-18)22-13-16-9-10-19(15(2)12-16)28(5,25)26;/h7-12,17H,6,13-14H2,1-5H3,(H2,21,22,23);1H. The molecule has 1 heterocycles. The molecule has 1 unspecified atom stereocenters. The normalized spacial score (nSPS) is 13.1. The van der Waals surface area contributed by atoms with Crippen molar-refractivity contribution < 1.29 is 8.42 Å². The van der Waals surface area contributed by atoms with Crippen molar-refractivity contribution in [3.63, 3.8) is 0 Å². The Morgan fingerprint density at radius 2 is 1.97 bits per heavy atom. The lowest BCUT2D eigenvalue weighted by Crippen LogP contribution is -2.41. The van der Waals surface area contributed by atoms with E-state index in [2.05, 4.69) is 52.1 Å². The van der Waals surface area contributed by atoms with Crippen LogP contribution in [0.5, 0.6) is 0 Å². The molecular weight excluding hydrogens is 519 g/mol. The van der Waals surface area contributed by atoms with Gasteiger partial charge in [0.2, 0.25) is 0 Å². The molecule has 29 heavy (non-hydrogen) atoms. The van der Waals surface area contributed by atoms with Crippen LogP contribution < -0.4 is 10.6 Å². The fraction of sp³-hybridized carbons (Fsp3) is 0.450. The summed E-state index contributed by atoms with van der Waals surface area (Å²) in [7, 11) is 0.941. The van der Waals surface area contributed by atoms with Gasteiger partial charge in [0.25, 0.3) is 0 Å². The van der Waals surface area contributed by atoms with Crippen molar-refractivity contribution >= 4 is 51.1 Å². The van der Waals surface area contributed by atoms with E-state index in [0.717, 1.165) is 30.2 Å². The molecule has 2 aromatic rings. The van der Waals surface area contributed by atoms with Crippen LogP contribution in [0.25, 0.3) is 0 Å². The van der Waals surface area contributed by atoms with E-state index in [1.54, 1.807) is 17.4 Å². The maximum absolute atomic E-state index is 11.8. The fourth-order valence-corrected chi connectivity index (χ4v) is 4.83. The Hall–Kier alpha value is -1.17. The van der Waals surface area contributed by atoms with Gasteiger partial charge in [0, 0.05) is 24.2 Å². The maximum atomic E-state index is 11.8. The molecule has 0 aliphatic rings. The number of benzene rings is 1. The van der Waals surface area contributed by atoms with Gasteiger partial charge in [-0.2, -0.15) is 0 Å². The number of nitrogens with zero attached hydrogens (tertiary/aromatic N) is 2. The molecule has 1 aromatic heterocycles. The van der Waals surface area contributed by atoms with Gasteiger partial charge in [0.1, 0.15) is 0 Å². The molecule has 0 radical (unpaired) electrons. The maximum Gasteiger partial charge on any atom is 0.191 e. The van der Waals surface area contributed by atoms with Crippen molar-refractivity contribution in [1.82, 2.24) is 15.5 Å². The molecule has 1 atom stereocenters. The highest BCUT2D eigenvalue weighted by molar-refractivity contribution is 14.0. The summed E-state index contributed by atoms with van der Waals surface area (Å²) in [6, 6.07) is 9.85. The topological polar surface area (TPSA) is 73.8 Å². The average Bonchev–Trinajstić information content (AvgIpc) is 3.12. The van der Waals surface area contributed by atoms with Crippen LogP contribution in [0.1, 0.15) is 29.0 Å². The van der Waals surface area contributed by atoms with E-state index in [1.165, 1.54) is 11.1 Å². The largest absolute Gasteiger partial charge is 0.357 e. The van der Waals surface area contributed by atoms with Gasteiger partial charge in [0.15, 0.2) is 15.8 Å². The second kappa shape index (κ2) is 11.9. The van der Waals surface area contributed by atoms with Crippen LogP contribution in [-0.2, 0) is 16.4 Å². The number of sulfone groups is 1. The summed E-state index contributed by atoms with van der Waals surface area (Å²) >= 11 is 1.75. The quantitative estimate of drug-likeness (QED) is 0.300. The summed E-state index contributed by atoms with van der Waals surface area (Å²) in [5.74, 6) is 0.746. The van der Waals surface area contributed by atoms with Gasteiger partial charge in [-0.05, 0) is 56.6 Å². The first-order valence-corrected chi connectivity index (χ1v) is 12.0. The first kappa shape index (κ1) is 25.9. The van der Waals surface area contributed by atoms with Gasteiger partial charge in [-0.1, -0.05) is 18.2 Å². The van der Waals surface area contributed by atoms with Gasteiger partial charge in [-0.25, -0.2) is 13.4 Å². The van der Waals surface area contributed by atoms with Crippen LogP contribution >= 0.6 is 35.3 Å². The van der Waals surface area contributed by atoms with Crippen LogP contribution in [0.4, 0.5) is 0 Å². The van der Waals surface area contributed by atoms with Gasteiger partial charge in [0.05, 0.1) is 17.5 Å². The first-order valence-electron chi connectivity index (χ1n) is 9.24. The van der Waals surface area contributed by atoms with Gasteiger partial charge in [-0.3, -0.25) is 0 Å². The number of aliphatic imine (C=N–C) groups is 1. The zero-order valence-electron chi connectivity index (χ0n) is 17.6. The summed E-state index contributed by atoms with van der Waals surface area (Å²) in [5.41, 5.74) is 1.73. The predicted molar refractivity (Wildman–Crippen MR) is 133 cm³/mol. The first-order chi connectivity index (χ1) is 13.2. The number of hydrogen-bond donors (Lipinski definition) is 2. The highest BCUT2D eigenvalue weighted by Gasteiger charge is 2.15. The van der Waals surface area contributed by atoms with Crippen molar-refractivity contribution in [2.75, 3.05) is 33.4 Å². The fourth-order valence-electron chi connectivity index (χ4n) is 2.95. The highest BCUT2D eigenvalue weighted by atomic mass is 127. The predicted octanol–water partition coefficient (Wildman–Crippen LogP) is 3.44. The number of rotatable bonds is 8. The summed E-state index contributed by atoms with van der Waals surface area (Å²) in [6.45, 7) is 5.83. The van der Waals surface area contributed by atoms with E-state index in [9.17, 15) is 8.42 Å². The SMILES string of the molecule is CCNC(=NCc1ccc(S(C)(=O)=O)c(C)c1)NCC(c1cccs1)N(C)C.I. The molecular formula is C20H31IN4O2S2. The molecule has 9 heteroatoms. The number of likely N-dealkylation sites (N-methyl/N-ethyl adjacent to an activating group) is 1. The van der Waals surface area contributed by atoms with Crippen molar-refractivity contribution in [2.45, 2.75) is 31.3 Å². The van der Waals surface area contributed by atoms with Gasteiger partial charge < -0.3 is 15.5 Å². The van der Waals surface area contributed by atoms with Crippen molar-refractivity contribution in [3.05, 3.63) is 51.7 Å². The Labute approximate surface area is 195 Å². The third-order valence-electron chi connectivity index (χ3n) is 4.36. The van der Waals surface area contributed by atoms with E-state index in [-0.39, 0.29) is 30.0 Å². The molecule has 0 saturated carbocycles. The molecule has 6 nitrogen and oxygen atoms in total. The number of halogens is 1. The molecule has 2 N–H and O–H groups in total. The third-order valence-corrected chi connectivity index (χ3v) is 6.59. The lowest BCUT2D eigenvalue weighted by atomic mass is 10.1. The third kappa shape index (κ3) is 7.88. The zero-order valence-corrected chi connectivity index (χ0v) is 21.6. The van der Waals surface area contributed by atoms with Crippen LogP contribution in [0.2, 0.25) is 0 Å². The highest BCUT2D eigenvalue weighted by Crippen LogP contribution is 2.22. The molecule has 0 fully saturated rings. The number of guanidine groups is 1. The number of nitrogens with one attached hydrogen (secondary N) is 2. The Morgan fingerprint density at radius 3 is 2.48 bits per heavy atom. The lowest BCUT2D eigenvalue weighted by molar-refractivity contribution is 0.302. The summed E-state index contributed by atoms with van der Waals surface area (Å²) < 4.78 is 23.5. The van der Waals surface area contributed by atoms with Crippen LogP contribution in [-0.4, -0.2) is 52.7 Å². The molecule has 2 rings (SSSR count). The van der Waals surface area contributed by atoms with Crippen LogP contribution in [0.3, 0.4) is 0 Å². The number of hydrogen-bond acceptors (Lipinski definition) is 5. The zero-order chi connectivity index (χ0) is 20.7. The van der Waals surface area contributed by atoms with Crippen molar-refractivity contribution in [1.29, 1.82) is 0 Å². The monoisotopic (exact) mass is 550 g/mol. The molecule has 0 amide bonds. The minimum atomic E-state index is -3.20. The summed E-state index contributed by atoms with van der Waals surface area (Å²) in [5, 5.41) is 8.78. The summed E-state index contributed by atoms with van der Waals surface area (Å²) in [4.78, 5) is 8.53. The molecule has 0 aliphatic carbocycles. The Kier molecular flexibility index (Phi) is 10.6. The minimum Gasteiger partial charge on any atom is -0.357 e. The van der Waals surface area contributed by atoms with Crippen LogP contribution in [0.15, 0.2) is 45.6 Å². The van der Waals surface area contributed by atoms with Gasteiger partial charge >= 0.3 is 0 Å². The second-order valence-corrected chi connectivity index (χ2v) is 9.91. The van der Waals surface area contributed by atoms with Crippen molar-refractivity contribution in [3.8, 4) is 0 Å². The lowest BCUT2D eigenvalue weighted by Gasteiger charge is -2.24. The minimum absolute atomic E-state index is 0.